The van der Waals surface area contributed by atoms with Gasteiger partial charge in [-0.3, -0.25) is 4.90 Å². The Labute approximate surface area is 201 Å². The first-order valence-electron chi connectivity index (χ1n) is 8.87. The molecule has 1 aromatic carbocycles. The van der Waals surface area contributed by atoms with Crippen molar-refractivity contribution in [2.24, 2.45) is 5.73 Å². The fourth-order valence-electron chi connectivity index (χ4n) is 2.77. The molecule has 0 saturated carbocycles. The van der Waals surface area contributed by atoms with Gasteiger partial charge in [0.15, 0.2) is 0 Å². The zero-order chi connectivity index (χ0) is 23.4. The van der Waals surface area contributed by atoms with E-state index < -0.39 is 12.0 Å². The van der Waals surface area contributed by atoms with E-state index in [9.17, 15) is 9.90 Å². The number of carboxylic acids is 1. The Morgan fingerprint density at radius 2 is 1.71 bits per heavy atom. The van der Waals surface area contributed by atoms with Crippen LogP contribution in [0, 0.1) is 20.0 Å². The molecular formula is C20H26N3O6ReS-. The summed E-state index contributed by atoms with van der Waals surface area (Å²) in [6.07, 6.45) is 1.04. The van der Waals surface area contributed by atoms with Crippen LogP contribution in [-0.2, 0) is 39.2 Å². The summed E-state index contributed by atoms with van der Waals surface area (Å²) >= 11 is 1.58. The second kappa shape index (κ2) is 23.1. The first-order chi connectivity index (χ1) is 14.6. The van der Waals surface area contributed by atoms with E-state index in [1.807, 2.05) is 18.2 Å². The Bertz CT molecular complexity index is 637. The maximum absolute atomic E-state index is 10.5. The number of carbonyl (C=O) groups excluding carboxylic acids is 1. The van der Waals surface area contributed by atoms with Crippen LogP contribution in [0.1, 0.15) is 6.42 Å². The predicted molar refractivity (Wildman–Crippen MR) is 108 cm³/mol. The average molecular weight is 623 g/mol. The van der Waals surface area contributed by atoms with E-state index in [-0.39, 0.29) is 20.4 Å². The van der Waals surface area contributed by atoms with E-state index in [1.54, 1.807) is 18.9 Å². The van der Waals surface area contributed by atoms with E-state index in [1.165, 1.54) is 0 Å². The molecule has 1 aromatic rings. The number of carbonyl (C=O) groups is 1. The van der Waals surface area contributed by atoms with Gasteiger partial charge in [-0.2, -0.15) is 11.8 Å². The molecular weight excluding hydrogens is 597 g/mol. The van der Waals surface area contributed by atoms with E-state index in [0.29, 0.717) is 5.75 Å². The molecule has 9 nitrogen and oxygen atoms in total. The number of anilines is 1. The van der Waals surface area contributed by atoms with E-state index in [4.69, 9.17) is 24.4 Å². The molecule has 171 valence electrons. The topological polar surface area (TPSA) is 142 Å². The van der Waals surface area contributed by atoms with Crippen LogP contribution < -0.4 is 20.5 Å². The normalized spacial score (nSPS) is 13.2. The molecule has 0 amide bonds. The van der Waals surface area contributed by atoms with Crippen molar-refractivity contribution < 1.29 is 49.0 Å². The van der Waals surface area contributed by atoms with Gasteiger partial charge < -0.3 is 25.3 Å². The van der Waals surface area contributed by atoms with Gasteiger partial charge in [0, 0.05) is 52.4 Å². The number of hydrogen-bond donors (Lipinski definition) is 1. The molecule has 0 spiro atoms. The van der Waals surface area contributed by atoms with Crippen molar-refractivity contribution in [3.05, 3.63) is 44.2 Å². The molecule has 0 aliphatic carbocycles. The van der Waals surface area contributed by atoms with Gasteiger partial charge in [-0.05, 0) is 30.9 Å². The summed E-state index contributed by atoms with van der Waals surface area (Å²) in [5.74, 6) is 1.10. The van der Waals surface area contributed by atoms with Crippen molar-refractivity contribution >= 4 is 23.4 Å². The first-order valence-corrected chi connectivity index (χ1v) is 10.0. The largest absolute Gasteiger partial charge is 0 e. The maximum Gasteiger partial charge on any atom is 0 e. The fourth-order valence-corrected chi connectivity index (χ4v) is 3.66. The standard InChI is InChI=1S/C17H27N3O3S.3CO.Re/c1-23-16-6-3-2-5-15(16)20-10-8-19(9-11-20)7-4-12-24-13-14(18)17(21)22;3*1-2;/h2-3,5-6,14H,4,7-13,18H2,1H3,(H,21,22);;;;/p-1. The molecule has 1 fully saturated rings. The Balaban J connectivity index is -0.00000103. The van der Waals surface area contributed by atoms with Gasteiger partial charge in [0.25, 0.3) is 0 Å². The van der Waals surface area contributed by atoms with Gasteiger partial charge >= 0.3 is 33.9 Å². The molecule has 2 rings (SSSR count). The number of methoxy groups -OCH3 is 1. The van der Waals surface area contributed by atoms with Crippen LogP contribution in [0.15, 0.2) is 24.3 Å². The number of hydrogen-bond acceptors (Lipinski definition) is 7. The van der Waals surface area contributed by atoms with Gasteiger partial charge in [0.1, 0.15) is 5.75 Å². The predicted octanol–water partition coefficient (Wildman–Crippen LogP) is -0.0973. The van der Waals surface area contributed by atoms with E-state index in [0.717, 1.165) is 56.3 Å². The molecule has 1 heterocycles. The summed E-state index contributed by atoms with van der Waals surface area (Å²) in [6.45, 7) is 18.6. The molecule has 1 aliphatic rings. The number of aliphatic carboxylic acids is 1. The van der Waals surface area contributed by atoms with Gasteiger partial charge in [-0.1, -0.05) is 12.1 Å². The number of nitrogens with two attached hydrogens (primary N) is 1. The van der Waals surface area contributed by atoms with Gasteiger partial charge in [-0.15, -0.1) is 0 Å². The van der Waals surface area contributed by atoms with E-state index in [2.05, 4.69) is 35.8 Å². The summed E-state index contributed by atoms with van der Waals surface area (Å²) in [6, 6.07) is 7.27. The number of benzene rings is 1. The molecule has 0 aromatic heterocycles. The molecule has 1 saturated heterocycles. The Morgan fingerprint density at radius 3 is 2.23 bits per heavy atom. The van der Waals surface area contributed by atoms with Crippen molar-refractivity contribution in [1.29, 1.82) is 0 Å². The summed E-state index contributed by atoms with van der Waals surface area (Å²) in [4.78, 5) is 15.3. The summed E-state index contributed by atoms with van der Waals surface area (Å²) < 4.78 is 27.9. The number of para-hydroxylation sites is 2. The third kappa shape index (κ3) is 14.2. The summed E-state index contributed by atoms with van der Waals surface area (Å²) in [7, 11) is 1.71. The second-order valence-corrected chi connectivity index (χ2v) is 7.00. The van der Waals surface area contributed by atoms with Crippen molar-refractivity contribution in [3.63, 3.8) is 0 Å². The minimum absolute atomic E-state index is 0. The number of piperazine rings is 1. The van der Waals surface area contributed by atoms with E-state index >= 15 is 0 Å². The number of rotatable bonds is 9. The SMILES string of the molecule is COc1ccccc1N1CCN(CCCSCC(N)C(=O)[O-])CC1.[C-]#[O+].[C-]#[O+].[C-]#[O+].[Re]. The van der Waals surface area contributed by atoms with Crippen LogP contribution in [0.25, 0.3) is 0 Å². The van der Waals surface area contributed by atoms with Gasteiger partial charge in [-0.25, -0.2) is 0 Å². The minimum Gasteiger partial charge on any atom is 0 e. The third-order valence-corrected chi connectivity index (χ3v) is 5.33. The zero-order valence-electron chi connectivity index (χ0n) is 17.3. The van der Waals surface area contributed by atoms with Gasteiger partial charge in [0.2, 0.25) is 0 Å². The molecule has 1 unspecified atom stereocenters. The molecule has 2 N–H and O–H groups in total. The van der Waals surface area contributed by atoms with Crippen LogP contribution in [0.4, 0.5) is 5.69 Å². The molecule has 1 atom stereocenters. The Hall–Kier alpha value is -1.56. The van der Waals surface area contributed by atoms with Crippen molar-refractivity contribution in [1.82, 2.24) is 4.90 Å². The number of nitrogens with zero attached hydrogens (tertiary/aromatic N) is 2. The zero-order valence-corrected chi connectivity index (χ0v) is 20.8. The third-order valence-electron chi connectivity index (χ3n) is 4.16. The number of carboxylic acid groups (broad SMARTS) is 1. The Kier molecular flexibility index (Phi) is 25.4. The quantitative estimate of drug-likeness (QED) is 0.230. The number of thioether (sulfide) groups is 1. The van der Waals surface area contributed by atoms with Crippen molar-refractivity contribution in [2.45, 2.75) is 12.5 Å². The molecule has 1 aliphatic heterocycles. The van der Waals surface area contributed by atoms with Crippen LogP contribution in [0.2, 0.25) is 0 Å². The Morgan fingerprint density at radius 1 is 1.16 bits per heavy atom. The first kappa shape index (κ1) is 34.1. The molecule has 11 heteroatoms. The van der Waals surface area contributed by atoms with Crippen LogP contribution in [0.3, 0.4) is 0 Å². The molecule has 31 heavy (non-hydrogen) atoms. The second-order valence-electron chi connectivity index (χ2n) is 5.85. The summed E-state index contributed by atoms with van der Waals surface area (Å²) in [5.41, 5.74) is 6.59. The monoisotopic (exact) mass is 623 g/mol. The molecule has 0 bridgehead atoms. The minimum atomic E-state index is -1.17. The number of ether oxygens (including phenoxy) is 1. The maximum atomic E-state index is 10.5. The average Bonchev–Trinajstić information content (AvgIpc) is 2.83. The fraction of sp³-hybridized carbons (Fsp3) is 0.500. The summed E-state index contributed by atoms with van der Waals surface area (Å²) in [5, 5.41) is 10.5. The van der Waals surface area contributed by atoms with Gasteiger partial charge in [0.05, 0.1) is 24.8 Å². The smallest absolute Gasteiger partial charge is 0 e. The van der Waals surface area contributed by atoms with Crippen molar-refractivity contribution in [2.75, 3.05) is 56.2 Å². The van der Waals surface area contributed by atoms with Crippen LogP contribution in [0.5, 0.6) is 5.75 Å². The molecule has 1 radical (unpaired) electrons. The van der Waals surface area contributed by atoms with Crippen LogP contribution >= 0.6 is 11.8 Å². The van der Waals surface area contributed by atoms with Crippen LogP contribution in [-0.4, -0.2) is 68.3 Å². The van der Waals surface area contributed by atoms with Crippen molar-refractivity contribution in [3.8, 4) is 5.75 Å².